The predicted octanol–water partition coefficient (Wildman–Crippen LogP) is 6.40. The lowest BCUT2D eigenvalue weighted by Gasteiger charge is -2.16. The number of halogens is 2. The molecule has 2 amide bonds. The summed E-state index contributed by atoms with van der Waals surface area (Å²) in [7, 11) is 2.54. The molecular weight excluding hydrogens is 711 g/mol. The number of anilines is 2. The van der Waals surface area contributed by atoms with Crippen LogP contribution < -0.4 is 9.80 Å². The minimum atomic E-state index is -0.580. The van der Waals surface area contributed by atoms with Crippen LogP contribution in [-0.4, -0.2) is 83.0 Å². The molecule has 2 aliphatic rings. The highest BCUT2D eigenvalue weighted by Crippen LogP contribution is 2.47. The number of carbonyl (C=O) groups is 4. The maximum atomic E-state index is 13.4. The standard InChI is InChI=1S/C38H32Cl2N4O8/c1-51-37(49)25-11-23-33-21(15-39)17-43(27(33)13-29(45)35(23)41-25)31(47)9-7-19-3-5-20(6-4-19)8-10-32(48)44-18-22(16-40)34-24-12-26(38(50)52-2)42-36(24)30(46)14-28(34)44/h3-14,21-22,41-42,45-46H,15-18H2,1-2H3/b9-7+,10-8+/t21-,22+. The van der Waals surface area contributed by atoms with E-state index in [0.29, 0.717) is 46.3 Å². The Morgan fingerprint density at radius 2 is 1.10 bits per heavy atom. The number of benzene rings is 3. The molecule has 0 aliphatic carbocycles. The SMILES string of the molecule is COC(=O)c1cc2c3c(cc(O)c2[nH]1)N(C(=O)/C=C/c1ccc(/C=C/C(=O)N2C[C@H](CCl)c4c2cc(O)c2[nH]c(C(=O)OC)cc42)cc1)C[C@H]3CCl. The Morgan fingerprint density at radius 1 is 0.712 bits per heavy atom. The number of hydrogen-bond donors (Lipinski definition) is 4. The number of H-pyrrole nitrogens is 2. The number of amides is 2. The van der Waals surface area contributed by atoms with Crippen LogP contribution in [0.4, 0.5) is 11.4 Å². The van der Waals surface area contributed by atoms with Crippen molar-refractivity contribution < 1.29 is 38.9 Å². The van der Waals surface area contributed by atoms with Crippen LogP contribution in [0.5, 0.6) is 11.5 Å². The normalized spacial score (nSPS) is 16.7. The molecule has 2 atom stereocenters. The van der Waals surface area contributed by atoms with Gasteiger partial charge in [-0.05, 0) is 46.5 Å². The Kier molecular flexibility index (Phi) is 9.20. The van der Waals surface area contributed by atoms with Gasteiger partial charge in [-0.1, -0.05) is 24.3 Å². The molecule has 0 radical (unpaired) electrons. The van der Waals surface area contributed by atoms with Crippen molar-refractivity contribution in [2.45, 2.75) is 11.8 Å². The van der Waals surface area contributed by atoms with Gasteiger partial charge in [-0.25, -0.2) is 9.59 Å². The number of ether oxygens (including phenoxy) is 2. The van der Waals surface area contributed by atoms with Crippen LogP contribution >= 0.6 is 23.2 Å². The molecule has 4 N–H and O–H groups in total. The third-order valence-electron chi connectivity index (χ3n) is 9.52. The number of nitrogens with one attached hydrogen (secondary N) is 2. The second-order valence-corrected chi connectivity index (χ2v) is 13.1. The topological polar surface area (TPSA) is 165 Å². The van der Waals surface area contributed by atoms with E-state index in [1.54, 1.807) is 34.1 Å². The highest BCUT2D eigenvalue weighted by Gasteiger charge is 2.36. The van der Waals surface area contributed by atoms with Crippen molar-refractivity contribution in [2.75, 3.05) is 48.9 Å². The minimum Gasteiger partial charge on any atom is -0.506 e. The Labute approximate surface area is 306 Å². The van der Waals surface area contributed by atoms with E-state index in [-0.39, 0.29) is 58.3 Å². The van der Waals surface area contributed by atoms with Gasteiger partial charge in [0.15, 0.2) is 0 Å². The summed E-state index contributed by atoms with van der Waals surface area (Å²) in [6.07, 6.45) is 6.23. The van der Waals surface area contributed by atoms with Crippen LogP contribution in [-0.2, 0) is 19.1 Å². The van der Waals surface area contributed by atoms with Crippen molar-refractivity contribution in [1.29, 1.82) is 0 Å². The summed E-state index contributed by atoms with van der Waals surface area (Å²) < 4.78 is 9.62. The van der Waals surface area contributed by atoms with Crippen LogP contribution in [0, 0.1) is 0 Å². The fourth-order valence-corrected chi connectivity index (χ4v) is 7.54. The molecule has 0 saturated carbocycles. The van der Waals surface area contributed by atoms with Crippen molar-refractivity contribution in [1.82, 2.24) is 9.97 Å². The lowest BCUT2D eigenvalue weighted by atomic mass is 9.98. The number of esters is 2. The van der Waals surface area contributed by atoms with E-state index < -0.39 is 11.9 Å². The van der Waals surface area contributed by atoms with Crippen molar-refractivity contribution in [2.24, 2.45) is 0 Å². The fourth-order valence-electron chi connectivity index (χ4n) is 7.04. The third-order valence-corrected chi connectivity index (χ3v) is 10.3. The van der Waals surface area contributed by atoms with Gasteiger partial charge in [0.1, 0.15) is 22.9 Å². The highest BCUT2D eigenvalue weighted by atomic mass is 35.5. The van der Waals surface area contributed by atoms with E-state index in [4.69, 9.17) is 32.7 Å². The van der Waals surface area contributed by atoms with Gasteiger partial charge in [0, 0.05) is 71.7 Å². The number of aromatic amines is 2. The number of hydrogen-bond acceptors (Lipinski definition) is 8. The molecule has 3 aromatic carbocycles. The highest BCUT2D eigenvalue weighted by molar-refractivity contribution is 6.20. The average molecular weight is 744 g/mol. The van der Waals surface area contributed by atoms with Crippen molar-refractivity contribution in [3.8, 4) is 11.5 Å². The number of phenolic OH excluding ortho intramolecular Hbond substituents is 2. The van der Waals surface area contributed by atoms with Crippen molar-refractivity contribution in [3.63, 3.8) is 0 Å². The molecule has 52 heavy (non-hydrogen) atoms. The molecule has 266 valence electrons. The third kappa shape index (κ3) is 5.93. The lowest BCUT2D eigenvalue weighted by Crippen LogP contribution is -2.28. The smallest absolute Gasteiger partial charge is 0.354 e. The number of aromatic nitrogens is 2. The molecule has 14 heteroatoms. The van der Waals surface area contributed by atoms with Crippen molar-refractivity contribution >= 4 is 92.3 Å². The zero-order chi connectivity index (χ0) is 36.8. The van der Waals surface area contributed by atoms with Crippen LogP contribution in [0.1, 0.15) is 55.1 Å². The van der Waals surface area contributed by atoms with E-state index in [9.17, 15) is 29.4 Å². The second-order valence-electron chi connectivity index (χ2n) is 12.5. The molecule has 0 unspecified atom stereocenters. The van der Waals surface area contributed by atoms with Gasteiger partial charge in [0.2, 0.25) is 0 Å². The Morgan fingerprint density at radius 3 is 1.44 bits per heavy atom. The second kappa shape index (κ2) is 13.8. The van der Waals surface area contributed by atoms with Crippen molar-refractivity contribution in [3.05, 3.63) is 94.3 Å². The first kappa shape index (κ1) is 34.7. The van der Waals surface area contributed by atoms with Gasteiger partial charge in [-0.2, -0.15) is 0 Å². The first-order valence-electron chi connectivity index (χ1n) is 16.2. The molecule has 0 spiro atoms. The summed E-state index contributed by atoms with van der Waals surface area (Å²) >= 11 is 12.6. The molecular formula is C38H32Cl2N4O8. The summed E-state index contributed by atoms with van der Waals surface area (Å²) in [5, 5.41) is 22.7. The van der Waals surface area contributed by atoms with Gasteiger partial charge in [-0.3, -0.25) is 9.59 Å². The maximum Gasteiger partial charge on any atom is 0.354 e. The van der Waals surface area contributed by atoms with E-state index in [1.807, 2.05) is 24.3 Å². The average Bonchev–Trinajstić information content (AvgIpc) is 3.95. The first-order chi connectivity index (χ1) is 25.1. The summed E-state index contributed by atoms with van der Waals surface area (Å²) in [6.45, 7) is 0.600. The summed E-state index contributed by atoms with van der Waals surface area (Å²) in [6, 6.07) is 13.4. The van der Waals surface area contributed by atoms with Crippen LogP contribution in [0.25, 0.3) is 34.0 Å². The van der Waals surface area contributed by atoms with E-state index in [2.05, 4.69) is 9.97 Å². The number of rotatable bonds is 8. The lowest BCUT2D eigenvalue weighted by molar-refractivity contribution is -0.114. The predicted molar refractivity (Wildman–Crippen MR) is 199 cm³/mol. The van der Waals surface area contributed by atoms with Gasteiger partial charge in [-0.15, -0.1) is 23.2 Å². The first-order valence-corrected chi connectivity index (χ1v) is 17.3. The number of phenols is 2. The molecule has 0 saturated heterocycles. The van der Waals surface area contributed by atoms with Gasteiger partial charge in [0.25, 0.3) is 11.8 Å². The van der Waals surface area contributed by atoms with Crippen LogP contribution in [0.2, 0.25) is 0 Å². The summed E-state index contributed by atoms with van der Waals surface area (Å²) in [5.74, 6) is -1.98. The zero-order valence-corrected chi connectivity index (χ0v) is 29.4. The summed E-state index contributed by atoms with van der Waals surface area (Å²) in [5.41, 5.74) is 5.14. The zero-order valence-electron chi connectivity index (χ0n) is 27.9. The molecule has 0 bridgehead atoms. The van der Waals surface area contributed by atoms with Crippen LogP contribution in [0.3, 0.4) is 0 Å². The maximum absolute atomic E-state index is 13.4. The van der Waals surface area contributed by atoms with Gasteiger partial charge < -0.3 is 39.5 Å². The number of carbonyl (C=O) groups excluding carboxylic acids is 4. The van der Waals surface area contributed by atoms with E-state index in [0.717, 1.165) is 22.3 Å². The molecule has 5 aromatic rings. The van der Waals surface area contributed by atoms with E-state index >= 15 is 0 Å². The Bertz CT molecular complexity index is 2180. The van der Waals surface area contributed by atoms with Crippen LogP contribution in [0.15, 0.2) is 60.7 Å². The fraction of sp³-hybridized carbons (Fsp3) is 0.211. The number of methoxy groups -OCH3 is 2. The number of aromatic hydroxyl groups is 2. The van der Waals surface area contributed by atoms with E-state index in [1.165, 1.54) is 38.5 Å². The largest absolute Gasteiger partial charge is 0.506 e. The van der Waals surface area contributed by atoms with Gasteiger partial charge in [0.05, 0.1) is 36.6 Å². The minimum absolute atomic E-state index is 0.110. The molecule has 0 fully saturated rings. The molecule has 4 heterocycles. The Hall–Kier alpha value is -5.72. The number of nitrogens with zero attached hydrogens (tertiary/aromatic N) is 2. The molecule has 12 nitrogen and oxygen atoms in total. The number of alkyl halides is 2. The monoisotopic (exact) mass is 742 g/mol. The summed E-state index contributed by atoms with van der Waals surface area (Å²) in [4.78, 5) is 60.0. The number of fused-ring (bicyclic) bond motifs is 6. The quantitative estimate of drug-likeness (QED) is 0.0806. The molecule has 2 aliphatic heterocycles. The molecule has 7 rings (SSSR count). The Balaban J connectivity index is 1.06. The van der Waals surface area contributed by atoms with Gasteiger partial charge >= 0.3 is 11.9 Å². The molecule has 2 aromatic heterocycles.